The van der Waals surface area contributed by atoms with E-state index in [-0.39, 0.29) is 33.0 Å². The first-order chi connectivity index (χ1) is 22.5. The van der Waals surface area contributed by atoms with Gasteiger partial charge in [0.1, 0.15) is 24.4 Å². The maximum absolute atomic E-state index is 15.0. The normalized spacial score (nSPS) is 27.2. The van der Waals surface area contributed by atoms with Crippen LogP contribution in [0.2, 0.25) is 0 Å². The summed E-state index contributed by atoms with van der Waals surface area (Å²) in [6.45, 7) is 7.47. The lowest BCUT2D eigenvalue weighted by Gasteiger charge is -2.36. The molecule has 47 heavy (non-hydrogen) atoms. The number of nitrogens with zero attached hydrogens (tertiary/aromatic N) is 1. The molecular formula is C35H44NO10P. The standard InChI is InChI=1S/C35H44NO10P/c1-34(2)40-23-28(44-34)30-31-32(46-35(3,4)45-31)33(43-30)36(37)29(24-39-20-25-14-8-5-9-15-25)47(38,41-21-26-16-10-6-11-17-26)42-22-27-18-12-7-13-19-27/h5-19,28-33,37H,20-24H2,1-4H3/t28-,29+,30-,31+,32+,33+/m1/s1. The largest absolute Gasteiger partial charge is 0.374 e. The molecular weight excluding hydrogens is 625 g/mol. The quantitative estimate of drug-likeness (QED) is 0.155. The van der Waals surface area contributed by atoms with Gasteiger partial charge in [0.15, 0.2) is 23.6 Å². The molecule has 0 radical (unpaired) electrons. The van der Waals surface area contributed by atoms with Gasteiger partial charge in [-0.3, -0.25) is 4.57 Å². The van der Waals surface area contributed by atoms with E-state index in [9.17, 15) is 5.21 Å². The number of fused-ring (bicyclic) bond motifs is 1. The predicted octanol–water partition coefficient (Wildman–Crippen LogP) is 6.24. The van der Waals surface area contributed by atoms with E-state index in [1.54, 1.807) is 13.8 Å². The summed E-state index contributed by atoms with van der Waals surface area (Å²) in [4.78, 5) is 0. The van der Waals surface area contributed by atoms with Crippen LogP contribution in [0, 0.1) is 0 Å². The number of ether oxygens (including phenoxy) is 6. The average molecular weight is 670 g/mol. The molecule has 3 fully saturated rings. The molecule has 11 nitrogen and oxygen atoms in total. The topological polar surface area (TPSA) is 114 Å². The van der Waals surface area contributed by atoms with Gasteiger partial charge in [0, 0.05) is 0 Å². The molecule has 0 saturated carbocycles. The van der Waals surface area contributed by atoms with Crippen molar-refractivity contribution in [2.45, 2.75) is 95.5 Å². The van der Waals surface area contributed by atoms with Gasteiger partial charge in [-0.15, -0.1) is 5.06 Å². The van der Waals surface area contributed by atoms with Gasteiger partial charge in [-0.05, 0) is 44.4 Å². The number of benzene rings is 3. The Kier molecular flexibility index (Phi) is 10.6. The van der Waals surface area contributed by atoms with Gasteiger partial charge in [-0.1, -0.05) is 91.0 Å². The highest BCUT2D eigenvalue weighted by Crippen LogP contribution is 2.57. The first kappa shape index (κ1) is 34.4. The van der Waals surface area contributed by atoms with Crippen LogP contribution in [0.4, 0.5) is 0 Å². The third-order valence-corrected chi connectivity index (χ3v) is 10.4. The van der Waals surface area contributed by atoms with Gasteiger partial charge < -0.3 is 42.7 Å². The second-order valence-electron chi connectivity index (χ2n) is 12.8. The van der Waals surface area contributed by atoms with Crippen LogP contribution in [0.5, 0.6) is 0 Å². The van der Waals surface area contributed by atoms with Crippen LogP contribution >= 0.6 is 7.60 Å². The highest BCUT2D eigenvalue weighted by molar-refractivity contribution is 7.54. The Morgan fingerprint density at radius 3 is 1.77 bits per heavy atom. The minimum Gasteiger partial charge on any atom is -0.374 e. The highest BCUT2D eigenvalue weighted by atomic mass is 31.2. The van der Waals surface area contributed by atoms with E-state index in [1.165, 1.54) is 0 Å². The van der Waals surface area contributed by atoms with E-state index in [4.69, 9.17) is 37.5 Å². The van der Waals surface area contributed by atoms with Crippen LogP contribution in [-0.4, -0.2) is 71.5 Å². The number of hydrogen-bond acceptors (Lipinski definition) is 11. The molecule has 0 aromatic heterocycles. The summed E-state index contributed by atoms with van der Waals surface area (Å²) in [5.41, 5.74) is 2.49. The summed E-state index contributed by atoms with van der Waals surface area (Å²) in [6.07, 6.45) is -3.63. The third kappa shape index (κ3) is 8.39. The van der Waals surface area contributed by atoms with Crippen molar-refractivity contribution in [3.8, 4) is 0 Å². The zero-order valence-corrected chi connectivity index (χ0v) is 28.1. The lowest BCUT2D eigenvalue weighted by atomic mass is 10.1. The van der Waals surface area contributed by atoms with Crippen molar-refractivity contribution in [2.75, 3.05) is 13.2 Å². The molecule has 1 N–H and O–H groups in total. The Labute approximate surface area is 276 Å². The van der Waals surface area contributed by atoms with E-state index < -0.39 is 55.6 Å². The zero-order valence-electron chi connectivity index (χ0n) is 27.2. The SMILES string of the molecule is CC1(C)O[C@H]2[C@@H]([C@H]3COC(C)(C)O3)O[C@H](N(O)[C@H](COCc3ccccc3)P(=O)(OCc3ccccc3)OCc3ccccc3)[C@H]2O1. The Bertz CT molecular complexity index is 1430. The van der Waals surface area contributed by atoms with Crippen molar-refractivity contribution in [1.82, 2.24) is 5.06 Å². The molecule has 12 heteroatoms. The Morgan fingerprint density at radius 1 is 0.745 bits per heavy atom. The van der Waals surface area contributed by atoms with Crippen molar-refractivity contribution < 1.29 is 47.2 Å². The van der Waals surface area contributed by atoms with E-state index in [0.29, 0.717) is 0 Å². The molecule has 3 aromatic rings. The number of rotatable bonds is 14. The van der Waals surface area contributed by atoms with Crippen LogP contribution < -0.4 is 0 Å². The predicted molar refractivity (Wildman–Crippen MR) is 171 cm³/mol. The van der Waals surface area contributed by atoms with E-state index >= 15 is 4.57 Å². The Morgan fingerprint density at radius 2 is 1.26 bits per heavy atom. The van der Waals surface area contributed by atoms with Crippen molar-refractivity contribution in [3.63, 3.8) is 0 Å². The van der Waals surface area contributed by atoms with Gasteiger partial charge in [0.2, 0.25) is 0 Å². The van der Waals surface area contributed by atoms with Crippen molar-refractivity contribution in [2.24, 2.45) is 0 Å². The summed E-state index contributed by atoms with van der Waals surface area (Å²) < 4.78 is 64.5. The molecule has 6 atom stereocenters. The van der Waals surface area contributed by atoms with Crippen molar-refractivity contribution in [1.29, 1.82) is 0 Å². The molecule has 0 unspecified atom stereocenters. The molecule has 0 bridgehead atoms. The fourth-order valence-electron chi connectivity index (χ4n) is 6.02. The molecule has 3 aromatic carbocycles. The second-order valence-corrected chi connectivity index (χ2v) is 15.0. The van der Waals surface area contributed by atoms with E-state index in [2.05, 4.69) is 0 Å². The highest BCUT2D eigenvalue weighted by Gasteiger charge is 2.62. The summed E-state index contributed by atoms with van der Waals surface area (Å²) in [7, 11) is -4.21. The maximum Gasteiger partial charge on any atom is 0.353 e. The minimum absolute atomic E-state index is 0.0227. The molecule has 3 aliphatic rings. The first-order valence-corrected chi connectivity index (χ1v) is 17.5. The summed E-state index contributed by atoms with van der Waals surface area (Å²) in [5.74, 6) is -3.09. The number of hydrogen-bond donors (Lipinski definition) is 1. The van der Waals surface area contributed by atoms with Crippen molar-refractivity contribution in [3.05, 3.63) is 108 Å². The fourth-order valence-corrected chi connectivity index (χ4v) is 7.81. The molecule has 0 amide bonds. The van der Waals surface area contributed by atoms with Gasteiger partial charge in [-0.2, -0.15) is 0 Å². The van der Waals surface area contributed by atoms with Crippen LogP contribution in [-0.2, 0) is 61.9 Å². The lowest BCUT2D eigenvalue weighted by Crippen LogP contribution is -2.49. The van der Waals surface area contributed by atoms with Crippen LogP contribution in [0.3, 0.4) is 0 Å². The summed E-state index contributed by atoms with van der Waals surface area (Å²) in [5, 5.41) is 13.0. The monoisotopic (exact) mass is 669 g/mol. The molecule has 0 aliphatic carbocycles. The van der Waals surface area contributed by atoms with Crippen LogP contribution in [0.25, 0.3) is 0 Å². The summed E-state index contributed by atoms with van der Waals surface area (Å²) >= 11 is 0. The molecule has 3 heterocycles. The first-order valence-electron chi connectivity index (χ1n) is 15.9. The number of hydroxylamine groups is 2. The Balaban J connectivity index is 1.30. The van der Waals surface area contributed by atoms with Crippen LogP contribution in [0.1, 0.15) is 44.4 Å². The van der Waals surface area contributed by atoms with Crippen molar-refractivity contribution >= 4 is 7.60 Å². The summed E-state index contributed by atoms with van der Waals surface area (Å²) in [6, 6.07) is 28.3. The second kappa shape index (κ2) is 14.5. The third-order valence-electron chi connectivity index (χ3n) is 8.28. The van der Waals surface area contributed by atoms with Gasteiger partial charge >= 0.3 is 7.60 Å². The smallest absolute Gasteiger partial charge is 0.353 e. The van der Waals surface area contributed by atoms with Gasteiger partial charge in [-0.25, -0.2) is 0 Å². The van der Waals surface area contributed by atoms with Gasteiger partial charge in [0.25, 0.3) is 0 Å². The van der Waals surface area contributed by atoms with Crippen LogP contribution in [0.15, 0.2) is 91.0 Å². The molecule has 6 rings (SSSR count). The molecule has 3 saturated heterocycles. The van der Waals surface area contributed by atoms with E-state index in [0.717, 1.165) is 21.8 Å². The molecule has 3 aliphatic heterocycles. The minimum atomic E-state index is -4.21. The molecule has 254 valence electrons. The zero-order chi connectivity index (χ0) is 33.1. The maximum atomic E-state index is 15.0. The molecule has 0 spiro atoms. The van der Waals surface area contributed by atoms with Gasteiger partial charge in [0.05, 0.1) is 33.0 Å². The lowest BCUT2D eigenvalue weighted by molar-refractivity contribution is -0.280. The average Bonchev–Trinajstić information content (AvgIpc) is 3.71. The fraction of sp³-hybridized carbons (Fsp3) is 0.486. The Hall–Kier alpha value is -2.51. The van der Waals surface area contributed by atoms with E-state index in [1.807, 2.05) is 105 Å².